The Kier molecular flexibility index (Phi) is 5.90. The van der Waals surface area contributed by atoms with Crippen molar-refractivity contribution in [3.8, 4) is 5.75 Å². The minimum absolute atomic E-state index is 0.413. The summed E-state index contributed by atoms with van der Waals surface area (Å²) < 4.78 is 5.11. The van der Waals surface area contributed by atoms with Crippen LogP contribution in [0.25, 0.3) is 0 Å². The number of hydrogen-bond donors (Lipinski definition) is 2. The Morgan fingerprint density at radius 1 is 1.31 bits per heavy atom. The first-order valence-corrected chi connectivity index (χ1v) is 5.82. The molecular weight excluding hydrogens is 200 g/mol. The minimum Gasteiger partial charge on any atom is -0.497 e. The van der Waals surface area contributed by atoms with Gasteiger partial charge in [0.05, 0.1) is 7.11 Å². The molecule has 0 amide bonds. The molecule has 0 aliphatic heterocycles. The van der Waals surface area contributed by atoms with E-state index in [-0.39, 0.29) is 0 Å². The third-order valence-electron chi connectivity index (χ3n) is 2.65. The number of nitrogens with one attached hydrogen (secondary N) is 1. The molecule has 1 atom stereocenters. The van der Waals surface area contributed by atoms with Crippen molar-refractivity contribution in [1.82, 2.24) is 5.32 Å². The van der Waals surface area contributed by atoms with E-state index in [9.17, 15) is 0 Å². The van der Waals surface area contributed by atoms with Crippen LogP contribution in [0.2, 0.25) is 0 Å². The Morgan fingerprint density at radius 3 is 2.56 bits per heavy atom. The van der Waals surface area contributed by atoms with Crippen LogP contribution in [0.1, 0.15) is 18.9 Å². The fraction of sp³-hybridized carbons (Fsp3) is 0.538. The quantitative estimate of drug-likeness (QED) is 0.688. The lowest BCUT2D eigenvalue weighted by Crippen LogP contribution is -2.33. The number of hydrogen-bond acceptors (Lipinski definition) is 3. The SMILES string of the molecule is COc1ccc(CCCN[C@H](C)CN)cc1. The van der Waals surface area contributed by atoms with Crippen molar-refractivity contribution < 1.29 is 4.74 Å². The van der Waals surface area contributed by atoms with Crippen molar-refractivity contribution in [1.29, 1.82) is 0 Å². The van der Waals surface area contributed by atoms with Gasteiger partial charge in [-0.15, -0.1) is 0 Å². The van der Waals surface area contributed by atoms with Gasteiger partial charge in [0, 0.05) is 12.6 Å². The van der Waals surface area contributed by atoms with Crippen LogP contribution in [-0.2, 0) is 6.42 Å². The summed E-state index contributed by atoms with van der Waals surface area (Å²) >= 11 is 0. The van der Waals surface area contributed by atoms with Crippen LogP contribution in [0.3, 0.4) is 0 Å². The molecule has 3 nitrogen and oxygen atoms in total. The van der Waals surface area contributed by atoms with E-state index in [2.05, 4.69) is 24.4 Å². The number of aryl methyl sites for hydroxylation is 1. The highest BCUT2D eigenvalue weighted by Crippen LogP contribution is 2.12. The summed E-state index contributed by atoms with van der Waals surface area (Å²) in [5.41, 5.74) is 6.87. The first kappa shape index (κ1) is 13.0. The molecule has 0 bridgehead atoms. The molecule has 0 saturated carbocycles. The molecule has 1 aromatic carbocycles. The van der Waals surface area contributed by atoms with Crippen molar-refractivity contribution in [3.05, 3.63) is 29.8 Å². The van der Waals surface area contributed by atoms with Gasteiger partial charge in [0.15, 0.2) is 0 Å². The first-order chi connectivity index (χ1) is 7.76. The Balaban J connectivity index is 2.21. The van der Waals surface area contributed by atoms with Gasteiger partial charge in [0.2, 0.25) is 0 Å². The second-order valence-corrected chi connectivity index (χ2v) is 4.04. The Bertz CT molecular complexity index is 284. The maximum atomic E-state index is 5.52. The summed E-state index contributed by atoms with van der Waals surface area (Å²) in [5, 5.41) is 3.38. The van der Waals surface area contributed by atoms with Crippen LogP contribution >= 0.6 is 0 Å². The molecule has 90 valence electrons. The van der Waals surface area contributed by atoms with E-state index in [0.717, 1.165) is 25.1 Å². The molecule has 0 aromatic heterocycles. The zero-order chi connectivity index (χ0) is 11.8. The predicted octanol–water partition coefficient (Wildman–Crippen LogP) is 1.56. The van der Waals surface area contributed by atoms with Gasteiger partial charge >= 0.3 is 0 Å². The molecule has 0 saturated heterocycles. The molecule has 0 aliphatic carbocycles. The molecule has 0 heterocycles. The van der Waals surface area contributed by atoms with Gasteiger partial charge in [0.25, 0.3) is 0 Å². The monoisotopic (exact) mass is 222 g/mol. The maximum absolute atomic E-state index is 5.52. The lowest BCUT2D eigenvalue weighted by Gasteiger charge is -2.10. The molecule has 1 rings (SSSR count). The van der Waals surface area contributed by atoms with E-state index < -0.39 is 0 Å². The molecule has 0 unspecified atom stereocenters. The van der Waals surface area contributed by atoms with Gasteiger partial charge in [-0.05, 0) is 44.0 Å². The van der Waals surface area contributed by atoms with E-state index in [4.69, 9.17) is 10.5 Å². The maximum Gasteiger partial charge on any atom is 0.118 e. The average Bonchev–Trinajstić information content (AvgIpc) is 2.35. The summed E-state index contributed by atoms with van der Waals surface area (Å²) in [5.74, 6) is 0.915. The molecule has 3 heteroatoms. The van der Waals surface area contributed by atoms with Crippen LogP contribution in [0.5, 0.6) is 5.75 Å². The smallest absolute Gasteiger partial charge is 0.118 e. The van der Waals surface area contributed by atoms with Gasteiger partial charge in [-0.25, -0.2) is 0 Å². The lowest BCUT2D eigenvalue weighted by molar-refractivity contribution is 0.414. The van der Waals surface area contributed by atoms with E-state index in [1.165, 1.54) is 5.56 Å². The number of nitrogens with two attached hydrogens (primary N) is 1. The predicted molar refractivity (Wildman–Crippen MR) is 67.8 cm³/mol. The molecule has 16 heavy (non-hydrogen) atoms. The van der Waals surface area contributed by atoms with Gasteiger partial charge in [-0.1, -0.05) is 12.1 Å². The zero-order valence-electron chi connectivity index (χ0n) is 10.2. The second-order valence-electron chi connectivity index (χ2n) is 4.04. The van der Waals surface area contributed by atoms with Crippen molar-refractivity contribution in [2.24, 2.45) is 5.73 Å². The van der Waals surface area contributed by atoms with E-state index in [0.29, 0.717) is 12.6 Å². The first-order valence-electron chi connectivity index (χ1n) is 5.82. The van der Waals surface area contributed by atoms with Crippen molar-refractivity contribution in [2.75, 3.05) is 20.2 Å². The average molecular weight is 222 g/mol. The molecule has 0 aliphatic rings. The highest BCUT2D eigenvalue weighted by molar-refractivity contribution is 5.27. The Morgan fingerprint density at radius 2 is 2.00 bits per heavy atom. The Hall–Kier alpha value is -1.06. The van der Waals surface area contributed by atoms with Gasteiger partial charge < -0.3 is 15.8 Å². The van der Waals surface area contributed by atoms with Crippen LogP contribution in [-0.4, -0.2) is 26.2 Å². The Labute approximate surface area is 98.0 Å². The summed E-state index contributed by atoms with van der Waals surface area (Å²) in [6.45, 7) is 3.82. The standard InChI is InChI=1S/C13H22N2O/c1-11(10-14)15-9-3-4-12-5-7-13(16-2)8-6-12/h5-8,11,15H,3-4,9-10,14H2,1-2H3/t11-/m1/s1. The van der Waals surface area contributed by atoms with E-state index >= 15 is 0 Å². The topological polar surface area (TPSA) is 47.3 Å². The van der Waals surface area contributed by atoms with E-state index in [1.54, 1.807) is 7.11 Å². The normalized spacial score (nSPS) is 12.4. The van der Waals surface area contributed by atoms with Gasteiger partial charge in [0.1, 0.15) is 5.75 Å². The van der Waals surface area contributed by atoms with Crippen molar-refractivity contribution >= 4 is 0 Å². The minimum atomic E-state index is 0.413. The number of benzene rings is 1. The summed E-state index contributed by atoms with van der Waals surface area (Å²) in [7, 11) is 1.69. The van der Waals surface area contributed by atoms with Crippen LogP contribution in [0.15, 0.2) is 24.3 Å². The third-order valence-corrected chi connectivity index (χ3v) is 2.65. The van der Waals surface area contributed by atoms with Crippen molar-refractivity contribution in [2.45, 2.75) is 25.8 Å². The zero-order valence-corrected chi connectivity index (χ0v) is 10.2. The van der Waals surface area contributed by atoms with Crippen LogP contribution in [0, 0.1) is 0 Å². The summed E-state index contributed by atoms with van der Waals surface area (Å²) in [6, 6.07) is 8.66. The molecule has 0 spiro atoms. The number of ether oxygens (including phenoxy) is 1. The third kappa shape index (κ3) is 4.64. The van der Waals surface area contributed by atoms with Crippen LogP contribution in [0.4, 0.5) is 0 Å². The highest BCUT2D eigenvalue weighted by Gasteiger charge is 1.98. The van der Waals surface area contributed by atoms with E-state index in [1.807, 2.05) is 12.1 Å². The molecule has 3 N–H and O–H groups in total. The van der Waals surface area contributed by atoms with Crippen molar-refractivity contribution in [3.63, 3.8) is 0 Å². The summed E-state index contributed by atoms with van der Waals surface area (Å²) in [6.07, 6.45) is 2.23. The fourth-order valence-electron chi connectivity index (χ4n) is 1.52. The highest BCUT2D eigenvalue weighted by atomic mass is 16.5. The van der Waals surface area contributed by atoms with Crippen LogP contribution < -0.4 is 15.8 Å². The largest absolute Gasteiger partial charge is 0.497 e. The second kappa shape index (κ2) is 7.25. The number of rotatable bonds is 7. The lowest BCUT2D eigenvalue weighted by atomic mass is 10.1. The molecule has 1 aromatic rings. The summed E-state index contributed by atoms with van der Waals surface area (Å²) in [4.78, 5) is 0. The van der Waals surface area contributed by atoms with Gasteiger partial charge in [-0.3, -0.25) is 0 Å². The molecule has 0 radical (unpaired) electrons. The molecular formula is C13H22N2O. The molecule has 0 fully saturated rings. The fourth-order valence-corrected chi connectivity index (χ4v) is 1.52. The number of methoxy groups -OCH3 is 1. The van der Waals surface area contributed by atoms with Gasteiger partial charge in [-0.2, -0.15) is 0 Å².